The van der Waals surface area contributed by atoms with Crippen LogP contribution in [0.25, 0.3) is 16.7 Å². The lowest BCUT2D eigenvalue weighted by Crippen LogP contribution is -1.95. The van der Waals surface area contributed by atoms with Crippen LogP contribution in [0.3, 0.4) is 0 Å². The lowest BCUT2D eigenvalue weighted by atomic mass is 10.2. The van der Waals surface area contributed by atoms with Gasteiger partial charge < -0.3 is 4.98 Å². The molecule has 3 nitrogen and oxygen atoms in total. The highest BCUT2D eigenvalue weighted by molar-refractivity contribution is 7.71. The zero-order valence-corrected chi connectivity index (χ0v) is 11.5. The van der Waals surface area contributed by atoms with Gasteiger partial charge in [-0.25, -0.2) is 4.39 Å². The van der Waals surface area contributed by atoms with Crippen molar-refractivity contribution in [2.75, 3.05) is 0 Å². The molecule has 1 N–H and O–H groups in total. The zero-order chi connectivity index (χ0) is 14.3. The standard InChI is InChI=1S/C15H10FN3S/c1-9-7-11(5-6-12(9)16)19-13-4-2-3-10(8-17)14(13)18-15(19)20/h2-7H,1H3,(H,18,20). The zero-order valence-electron chi connectivity index (χ0n) is 10.6. The topological polar surface area (TPSA) is 44.5 Å². The molecule has 2 aromatic carbocycles. The second-order valence-corrected chi connectivity index (χ2v) is 4.90. The molecule has 20 heavy (non-hydrogen) atoms. The summed E-state index contributed by atoms with van der Waals surface area (Å²) in [5, 5.41) is 9.12. The third kappa shape index (κ3) is 1.82. The van der Waals surface area contributed by atoms with Crippen LogP contribution in [0.1, 0.15) is 11.1 Å². The second-order valence-electron chi connectivity index (χ2n) is 4.51. The molecule has 3 rings (SSSR count). The van der Waals surface area contributed by atoms with E-state index in [4.69, 9.17) is 17.5 Å². The summed E-state index contributed by atoms with van der Waals surface area (Å²) in [6.45, 7) is 1.71. The summed E-state index contributed by atoms with van der Waals surface area (Å²) >= 11 is 5.32. The molecule has 0 bridgehead atoms. The van der Waals surface area contributed by atoms with Gasteiger partial charge in [-0.15, -0.1) is 0 Å². The smallest absolute Gasteiger partial charge is 0.182 e. The maximum Gasteiger partial charge on any atom is 0.182 e. The Hall–Kier alpha value is -2.45. The van der Waals surface area contributed by atoms with Crippen LogP contribution in [0.2, 0.25) is 0 Å². The molecule has 5 heteroatoms. The number of hydrogen-bond donors (Lipinski definition) is 1. The number of nitriles is 1. The quantitative estimate of drug-likeness (QED) is 0.686. The summed E-state index contributed by atoms with van der Waals surface area (Å²) in [5.41, 5.74) is 3.36. The van der Waals surface area contributed by atoms with Gasteiger partial charge in [0.05, 0.1) is 16.6 Å². The van der Waals surface area contributed by atoms with Crippen molar-refractivity contribution in [1.82, 2.24) is 9.55 Å². The lowest BCUT2D eigenvalue weighted by Gasteiger charge is -2.06. The van der Waals surface area contributed by atoms with Crippen molar-refractivity contribution in [2.24, 2.45) is 0 Å². The van der Waals surface area contributed by atoms with Crippen LogP contribution in [0.15, 0.2) is 36.4 Å². The molecule has 98 valence electrons. The van der Waals surface area contributed by atoms with Gasteiger partial charge in [0.15, 0.2) is 4.77 Å². The van der Waals surface area contributed by atoms with E-state index in [2.05, 4.69) is 11.1 Å². The number of rotatable bonds is 1. The van der Waals surface area contributed by atoms with Gasteiger partial charge in [0.25, 0.3) is 0 Å². The minimum atomic E-state index is -0.252. The summed E-state index contributed by atoms with van der Waals surface area (Å²) in [7, 11) is 0. The van der Waals surface area contributed by atoms with Crippen LogP contribution in [0.4, 0.5) is 4.39 Å². The first-order valence-electron chi connectivity index (χ1n) is 6.02. The molecule has 0 atom stereocenters. The molecule has 0 radical (unpaired) electrons. The van der Waals surface area contributed by atoms with Crippen molar-refractivity contribution >= 4 is 23.3 Å². The van der Waals surface area contributed by atoms with Crippen LogP contribution < -0.4 is 0 Å². The predicted octanol–water partition coefficient (Wildman–Crippen LogP) is 4.01. The first kappa shape index (κ1) is 12.6. The lowest BCUT2D eigenvalue weighted by molar-refractivity contribution is 0.618. The summed E-state index contributed by atoms with van der Waals surface area (Å²) in [4.78, 5) is 3.04. The van der Waals surface area contributed by atoms with Crippen molar-refractivity contribution < 1.29 is 4.39 Å². The predicted molar refractivity (Wildman–Crippen MR) is 77.9 cm³/mol. The Bertz CT molecular complexity index is 915. The first-order chi connectivity index (χ1) is 9.61. The summed E-state index contributed by atoms with van der Waals surface area (Å²) in [6.07, 6.45) is 0. The molecule has 0 fully saturated rings. The Morgan fingerprint density at radius 3 is 2.80 bits per heavy atom. The molecule has 1 aromatic heterocycles. The number of fused-ring (bicyclic) bond motifs is 1. The Balaban J connectivity index is 2.37. The number of imidazole rings is 1. The molecule has 1 heterocycles. The summed E-state index contributed by atoms with van der Waals surface area (Å²) in [6, 6.07) is 12.4. The normalized spacial score (nSPS) is 10.7. The van der Waals surface area contributed by atoms with Crippen molar-refractivity contribution in [3.05, 3.63) is 58.1 Å². The van der Waals surface area contributed by atoms with Crippen LogP contribution in [0, 0.1) is 28.8 Å². The minimum absolute atomic E-state index is 0.252. The number of aryl methyl sites for hydroxylation is 1. The number of H-pyrrole nitrogens is 1. The van der Waals surface area contributed by atoms with Crippen LogP contribution >= 0.6 is 12.2 Å². The largest absolute Gasteiger partial charge is 0.329 e. The molecule has 0 saturated heterocycles. The molecule has 0 aliphatic heterocycles. The molecule has 0 aliphatic carbocycles. The van der Waals surface area contributed by atoms with Gasteiger partial charge in [0.2, 0.25) is 0 Å². The molecular formula is C15H10FN3S. The number of halogens is 1. The average Bonchev–Trinajstić information content (AvgIpc) is 2.78. The molecular weight excluding hydrogens is 273 g/mol. The number of aromatic amines is 1. The highest BCUT2D eigenvalue weighted by Gasteiger charge is 2.10. The maximum atomic E-state index is 13.4. The van der Waals surface area contributed by atoms with Gasteiger partial charge >= 0.3 is 0 Å². The number of nitrogens with one attached hydrogen (secondary N) is 1. The number of aromatic nitrogens is 2. The summed E-state index contributed by atoms with van der Waals surface area (Å²) in [5.74, 6) is -0.252. The van der Waals surface area contributed by atoms with Crippen molar-refractivity contribution in [3.8, 4) is 11.8 Å². The SMILES string of the molecule is Cc1cc(-n2c(=S)[nH]c3c(C#N)cccc32)ccc1F. The highest BCUT2D eigenvalue weighted by Crippen LogP contribution is 2.23. The van der Waals surface area contributed by atoms with Gasteiger partial charge in [-0.1, -0.05) is 6.07 Å². The van der Waals surface area contributed by atoms with Gasteiger partial charge in [-0.3, -0.25) is 4.57 Å². The van der Waals surface area contributed by atoms with E-state index in [0.717, 1.165) is 11.2 Å². The van der Waals surface area contributed by atoms with E-state index in [1.54, 1.807) is 35.8 Å². The fourth-order valence-corrected chi connectivity index (χ4v) is 2.55. The monoisotopic (exact) mass is 283 g/mol. The van der Waals surface area contributed by atoms with Crippen LogP contribution in [-0.2, 0) is 0 Å². The van der Waals surface area contributed by atoms with Crippen LogP contribution in [0.5, 0.6) is 0 Å². The van der Waals surface area contributed by atoms with E-state index in [1.165, 1.54) is 6.07 Å². The van der Waals surface area contributed by atoms with E-state index in [0.29, 0.717) is 21.4 Å². The van der Waals surface area contributed by atoms with Crippen molar-refractivity contribution in [1.29, 1.82) is 5.26 Å². The van der Waals surface area contributed by atoms with E-state index in [1.807, 2.05) is 6.07 Å². The molecule has 0 aliphatic rings. The van der Waals surface area contributed by atoms with E-state index in [-0.39, 0.29) is 5.82 Å². The van der Waals surface area contributed by atoms with E-state index < -0.39 is 0 Å². The third-order valence-electron chi connectivity index (χ3n) is 3.24. The average molecular weight is 283 g/mol. The maximum absolute atomic E-state index is 13.4. The number of nitrogens with zero attached hydrogens (tertiary/aromatic N) is 2. The first-order valence-corrected chi connectivity index (χ1v) is 6.43. The van der Waals surface area contributed by atoms with Gasteiger partial charge in [0.1, 0.15) is 11.9 Å². The van der Waals surface area contributed by atoms with Crippen LogP contribution in [-0.4, -0.2) is 9.55 Å². The molecule has 0 amide bonds. The minimum Gasteiger partial charge on any atom is -0.329 e. The van der Waals surface area contributed by atoms with Gasteiger partial charge in [-0.2, -0.15) is 5.26 Å². The molecule has 3 aromatic rings. The molecule has 0 spiro atoms. The Labute approximate surface area is 119 Å². The van der Waals surface area contributed by atoms with Gasteiger partial charge in [-0.05, 0) is 55.0 Å². The Kier molecular flexibility index (Phi) is 2.88. The highest BCUT2D eigenvalue weighted by atomic mass is 32.1. The fourth-order valence-electron chi connectivity index (χ4n) is 2.25. The second kappa shape index (κ2) is 4.58. The summed E-state index contributed by atoms with van der Waals surface area (Å²) < 4.78 is 15.7. The molecule has 0 unspecified atom stereocenters. The van der Waals surface area contributed by atoms with E-state index in [9.17, 15) is 4.39 Å². The third-order valence-corrected chi connectivity index (χ3v) is 3.52. The van der Waals surface area contributed by atoms with Crippen molar-refractivity contribution in [3.63, 3.8) is 0 Å². The van der Waals surface area contributed by atoms with E-state index >= 15 is 0 Å². The Morgan fingerprint density at radius 2 is 2.10 bits per heavy atom. The fraction of sp³-hybridized carbons (Fsp3) is 0.0667. The molecule has 0 saturated carbocycles. The number of hydrogen-bond acceptors (Lipinski definition) is 2. The van der Waals surface area contributed by atoms with Crippen molar-refractivity contribution in [2.45, 2.75) is 6.92 Å². The number of benzene rings is 2. The Morgan fingerprint density at radius 1 is 1.30 bits per heavy atom. The number of para-hydroxylation sites is 1. The van der Waals surface area contributed by atoms with Gasteiger partial charge in [0, 0.05) is 5.69 Å².